The third-order valence-electron chi connectivity index (χ3n) is 4.41. The fourth-order valence-corrected chi connectivity index (χ4v) is 3.97. The summed E-state index contributed by atoms with van der Waals surface area (Å²) in [6.07, 6.45) is 1.40. The minimum Gasteiger partial charge on any atom is -0.480 e. The molecule has 0 aliphatic carbocycles. The Morgan fingerprint density at radius 1 is 1.26 bits per heavy atom. The summed E-state index contributed by atoms with van der Waals surface area (Å²) in [7, 11) is 0. The topological polar surface area (TPSA) is 104 Å². The Balaban J connectivity index is 2.03. The Morgan fingerprint density at radius 3 is 2.52 bits per heavy atom. The number of rotatable bonds is 7. The van der Waals surface area contributed by atoms with Crippen molar-refractivity contribution in [1.82, 2.24) is 10.2 Å². The van der Waals surface area contributed by atoms with E-state index in [1.807, 2.05) is 30.3 Å². The average Bonchev–Trinajstić information content (AvgIpc) is 3.11. The van der Waals surface area contributed by atoms with E-state index in [4.69, 9.17) is 0 Å². The van der Waals surface area contributed by atoms with Crippen molar-refractivity contribution in [2.75, 3.05) is 6.54 Å². The molecule has 0 spiro atoms. The summed E-state index contributed by atoms with van der Waals surface area (Å²) in [6.45, 7) is 3.30. The molecule has 1 aliphatic rings. The Labute approximate surface area is 162 Å². The number of nitrogens with one attached hydrogen (secondary N) is 1. The monoisotopic (exact) mass is 392 g/mol. The van der Waals surface area contributed by atoms with Gasteiger partial charge in [0.1, 0.15) is 12.1 Å². The van der Waals surface area contributed by atoms with Gasteiger partial charge >= 0.3 is 5.97 Å². The molecule has 0 saturated carbocycles. The molecule has 2 rings (SSSR count). The lowest BCUT2D eigenvalue weighted by Gasteiger charge is -2.26. The number of thioether (sulfide) groups is 1. The van der Waals surface area contributed by atoms with Crippen LogP contribution in [0, 0.1) is 0 Å². The molecular formula is C19H24N2O5S. The van der Waals surface area contributed by atoms with Crippen molar-refractivity contribution < 1.29 is 24.3 Å². The number of carbonyl (C=O) groups is 4. The molecule has 0 radical (unpaired) electrons. The third kappa shape index (κ3) is 5.82. The highest BCUT2D eigenvalue weighted by Gasteiger charge is 2.36. The molecule has 1 unspecified atom stereocenters. The molecule has 1 aliphatic heterocycles. The second kappa shape index (κ2) is 9.55. The molecule has 0 bridgehead atoms. The van der Waals surface area contributed by atoms with Gasteiger partial charge in [-0.2, -0.15) is 0 Å². The maximum absolute atomic E-state index is 12.7. The summed E-state index contributed by atoms with van der Waals surface area (Å²) in [5.74, 6) is -1.86. The first-order valence-electron chi connectivity index (χ1n) is 8.84. The molecule has 1 aromatic rings. The number of hydrogen-bond acceptors (Lipinski definition) is 5. The first kappa shape index (κ1) is 21.0. The van der Waals surface area contributed by atoms with Gasteiger partial charge in [-0.1, -0.05) is 42.1 Å². The van der Waals surface area contributed by atoms with Gasteiger partial charge in [0.2, 0.25) is 11.8 Å². The largest absolute Gasteiger partial charge is 0.480 e. The molecule has 1 aromatic carbocycles. The Kier molecular flexibility index (Phi) is 7.41. The van der Waals surface area contributed by atoms with Gasteiger partial charge in [0.05, 0.1) is 5.25 Å². The van der Waals surface area contributed by atoms with Crippen molar-refractivity contribution in [2.45, 2.75) is 50.4 Å². The maximum Gasteiger partial charge on any atom is 0.326 e. The van der Waals surface area contributed by atoms with Gasteiger partial charge in [-0.15, -0.1) is 0 Å². The molecule has 1 saturated heterocycles. The lowest BCUT2D eigenvalue weighted by molar-refractivity contribution is -0.149. The average molecular weight is 392 g/mol. The molecule has 2 N–H and O–H groups in total. The van der Waals surface area contributed by atoms with Crippen LogP contribution in [0.5, 0.6) is 0 Å². The van der Waals surface area contributed by atoms with E-state index in [-0.39, 0.29) is 5.12 Å². The molecule has 1 fully saturated rings. The number of likely N-dealkylation sites (tertiary alicyclic amines) is 1. The summed E-state index contributed by atoms with van der Waals surface area (Å²) in [4.78, 5) is 49.3. The Bertz CT molecular complexity index is 709. The molecule has 3 atom stereocenters. The fraction of sp³-hybridized carbons (Fsp3) is 0.474. The molecule has 7 nitrogen and oxygen atoms in total. The first-order chi connectivity index (χ1) is 12.8. The third-order valence-corrected chi connectivity index (χ3v) is 5.41. The highest BCUT2D eigenvalue weighted by atomic mass is 32.2. The molecule has 146 valence electrons. The van der Waals surface area contributed by atoms with Gasteiger partial charge in [-0.25, -0.2) is 4.79 Å². The second-order valence-corrected chi connectivity index (χ2v) is 7.93. The molecule has 1 heterocycles. The zero-order valence-electron chi connectivity index (χ0n) is 15.4. The molecule has 27 heavy (non-hydrogen) atoms. The second-order valence-electron chi connectivity index (χ2n) is 6.55. The zero-order chi connectivity index (χ0) is 20.0. The van der Waals surface area contributed by atoms with Crippen molar-refractivity contribution >= 4 is 34.7 Å². The van der Waals surface area contributed by atoms with E-state index < -0.39 is 35.1 Å². The smallest absolute Gasteiger partial charge is 0.326 e. The van der Waals surface area contributed by atoms with E-state index in [2.05, 4.69) is 5.32 Å². The van der Waals surface area contributed by atoms with Crippen LogP contribution in [0.2, 0.25) is 0 Å². The number of carboxylic acids is 1. The SMILES string of the molecule is CC(=O)SC(Cc1ccccc1)C(=O)N[C@@H](C)C(=O)N1CCC[C@H]1C(=O)O. The fourth-order valence-electron chi connectivity index (χ4n) is 3.12. The maximum atomic E-state index is 12.7. The highest BCUT2D eigenvalue weighted by Crippen LogP contribution is 2.20. The number of nitrogens with zero attached hydrogens (tertiary/aromatic N) is 1. The zero-order valence-corrected chi connectivity index (χ0v) is 16.2. The predicted molar refractivity (Wildman–Crippen MR) is 102 cm³/mol. The van der Waals surface area contributed by atoms with Crippen molar-refractivity contribution in [1.29, 1.82) is 0 Å². The van der Waals surface area contributed by atoms with Crippen molar-refractivity contribution in [3.63, 3.8) is 0 Å². The van der Waals surface area contributed by atoms with E-state index in [0.29, 0.717) is 25.8 Å². The van der Waals surface area contributed by atoms with Crippen LogP contribution in [0.1, 0.15) is 32.3 Å². The van der Waals surface area contributed by atoms with Gasteiger partial charge in [-0.3, -0.25) is 14.4 Å². The van der Waals surface area contributed by atoms with Crippen LogP contribution in [0.3, 0.4) is 0 Å². The number of carbonyl (C=O) groups excluding carboxylic acids is 3. The quantitative estimate of drug-likeness (QED) is 0.728. The van der Waals surface area contributed by atoms with Crippen molar-refractivity contribution in [3.8, 4) is 0 Å². The minimum atomic E-state index is -1.03. The van der Waals surface area contributed by atoms with E-state index in [9.17, 15) is 24.3 Å². The lowest BCUT2D eigenvalue weighted by atomic mass is 10.1. The Morgan fingerprint density at radius 2 is 1.93 bits per heavy atom. The van der Waals surface area contributed by atoms with E-state index in [0.717, 1.165) is 17.3 Å². The summed E-state index contributed by atoms with van der Waals surface area (Å²) >= 11 is 0.924. The van der Waals surface area contributed by atoms with Crippen LogP contribution in [-0.4, -0.2) is 56.8 Å². The van der Waals surface area contributed by atoms with Crippen LogP contribution in [0.25, 0.3) is 0 Å². The number of benzene rings is 1. The normalized spacial score (nSPS) is 18.6. The summed E-state index contributed by atoms with van der Waals surface area (Å²) in [6, 6.07) is 7.62. The van der Waals surface area contributed by atoms with Crippen LogP contribution in [0.15, 0.2) is 30.3 Å². The van der Waals surface area contributed by atoms with Crippen LogP contribution in [-0.2, 0) is 25.6 Å². The van der Waals surface area contributed by atoms with E-state index >= 15 is 0 Å². The number of aliphatic carboxylic acids is 1. The van der Waals surface area contributed by atoms with Crippen LogP contribution < -0.4 is 5.32 Å². The van der Waals surface area contributed by atoms with Gasteiger partial charge in [0, 0.05) is 13.5 Å². The standard InChI is InChI=1S/C19H24N2O5S/c1-12(18(24)21-10-6-9-15(21)19(25)26)20-17(23)16(27-13(2)22)11-14-7-4-3-5-8-14/h3-5,7-8,12,15-16H,6,9-11H2,1-2H3,(H,20,23)(H,25,26)/t12-,15-,16?/m0/s1. The van der Waals surface area contributed by atoms with Gasteiger partial charge in [-0.05, 0) is 31.7 Å². The summed E-state index contributed by atoms with van der Waals surface area (Å²) in [5.41, 5.74) is 0.913. The molecule has 8 heteroatoms. The predicted octanol–water partition coefficient (Wildman–Crippen LogP) is 1.46. The van der Waals surface area contributed by atoms with E-state index in [1.165, 1.54) is 18.7 Å². The minimum absolute atomic E-state index is 0.185. The van der Waals surface area contributed by atoms with Gasteiger partial charge < -0.3 is 15.3 Å². The summed E-state index contributed by atoms with van der Waals surface area (Å²) < 4.78 is 0. The molecular weight excluding hydrogens is 368 g/mol. The number of amides is 2. The number of hydrogen-bond donors (Lipinski definition) is 2. The van der Waals surface area contributed by atoms with E-state index in [1.54, 1.807) is 0 Å². The van der Waals surface area contributed by atoms with Gasteiger partial charge in [0.25, 0.3) is 0 Å². The lowest BCUT2D eigenvalue weighted by Crippen LogP contribution is -2.52. The Hall–Kier alpha value is -2.35. The highest BCUT2D eigenvalue weighted by molar-refractivity contribution is 8.14. The van der Waals surface area contributed by atoms with Gasteiger partial charge in [0.15, 0.2) is 5.12 Å². The first-order valence-corrected chi connectivity index (χ1v) is 9.72. The van der Waals surface area contributed by atoms with Crippen molar-refractivity contribution in [2.24, 2.45) is 0 Å². The summed E-state index contributed by atoms with van der Waals surface area (Å²) in [5, 5.41) is 11.0. The van der Waals surface area contributed by atoms with Crippen LogP contribution in [0.4, 0.5) is 0 Å². The van der Waals surface area contributed by atoms with Crippen LogP contribution >= 0.6 is 11.8 Å². The van der Waals surface area contributed by atoms with Crippen molar-refractivity contribution in [3.05, 3.63) is 35.9 Å². The molecule has 0 aromatic heterocycles. The number of carboxylic acid groups (broad SMARTS) is 1. The molecule has 2 amide bonds.